The number of hydrogen-bond acceptors (Lipinski definition) is 3. The molecule has 1 N–H and O–H groups in total. The summed E-state index contributed by atoms with van der Waals surface area (Å²) in [7, 11) is 0. The molecule has 6 heteroatoms. The van der Waals surface area contributed by atoms with Gasteiger partial charge < -0.3 is 10.2 Å². The zero-order valence-corrected chi connectivity index (χ0v) is 21.2. The third-order valence-corrected chi connectivity index (χ3v) is 8.18. The predicted octanol–water partition coefficient (Wildman–Crippen LogP) is 7.49. The zero-order chi connectivity index (χ0) is 24.2. The third-order valence-electron chi connectivity index (χ3n) is 6.79. The van der Waals surface area contributed by atoms with E-state index in [0.717, 1.165) is 46.7 Å². The van der Waals surface area contributed by atoms with E-state index in [1.165, 1.54) is 19.3 Å². The summed E-state index contributed by atoms with van der Waals surface area (Å²) in [6, 6.07) is 21.2. The fraction of sp³-hybridized carbons (Fsp3) is 0.310. The van der Waals surface area contributed by atoms with Crippen molar-refractivity contribution in [2.45, 2.75) is 67.3 Å². The molecule has 0 atom stereocenters. The molecule has 1 saturated carbocycles. The van der Waals surface area contributed by atoms with Crippen molar-refractivity contribution in [3.8, 4) is 0 Å². The Hall–Kier alpha value is -2.76. The van der Waals surface area contributed by atoms with Gasteiger partial charge in [-0.25, -0.2) is 0 Å². The topological polar surface area (TPSA) is 49.4 Å². The Balaban J connectivity index is 1.47. The minimum atomic E-state index is -0.0700. The van der Waals surface area contributed by atoms with Crippen molar-refractivity contribution in [3.63, 3.8) is 0 Å². The van der Waals surface area contributed by atoms with Crippen molar-refractivity contribution in [2.75, 3.05) is 4.90 Å². The predicted molar refractivity (Wildman–Crippen MR) is 143 cm³/mol. The van der Waals surface area contributed by atoms with E-state index in [1.54, 1.807) is 16.7 Å². The Morgan fingerprint density at radius 1 is 0.914 bits per heavy atom. The van der Waals surface area contributed by atoms with Gasteiger partial charge in [0.25, 0.3) is 11.8 Å². The van der Waals surface area contributed by atoms with E-state index in [1.807, 2.05) is 66.7 Å². The van der Waals surface area contributed by atoms with Crippen molar-refractivity contribution in [1.82, 2.24) is 5.32 Å². The number of rotatable bonds is 4. The second-order valence-corrected chi connectivity index (χ2v) is 10.8. The van der Waals surface area contributed by atoms with Gasteiger partial charge in [-0.3, -0.25) is 9.59 Å². The molecule has 2 amide bonds. The lowest BCUT2D eigenvalue weighted by Gasteiger charge is -2.24. The molecule has 1 fully saturated rings. The van der Waals surface area contributed by atoms with Gasteiger partial charge in [-0.15, -0.1) is 0 Å². The molecule has 1 aliphatic heterocycles. The van der Waals surface area contributed by atoms with Crippen LogP contribution in [0.2, 0.25) is 5.02 Å². The largest absolute Gasteiger partial charge is 0.349 e. The van der Waals surface area contributed by atoms with Crippen molar-refractivity contribution in [2.24, 2.45) is 0 Å². The molecule has 0 saturated heterocycles. The van der Waals surface area contributed by atoms with Crippen LogP contribution < -0.4 is 10.2 Å². The summed E-state index contributed by atoms with van der Waals surface area (Å²) >= 11 is 7.65. The second-order valence-electron chi connectivity index (χ2n) is 9.31. The Labute approximate surface area is 216 Å². The molecule has 1 heterocycles. The van der Waals surface area contributed by atoms with Crippen LogP contribution in [0.3, 0.4) is 0 Å². The minimum Gasteiger partial charge on any atom is -0.349 e. The third kappa shape index (κ3) is 5.57. The molecule has 5 rings (SSSR count). The smallest absolute Gasteiger partial charge is 0.259 e. The van der Waals surface area contributed by atoms with E-state index in [0.29, 0.717) is 22.7 Å². The maximum absolute atomic E-state index is 13.7. The summed E-state index contributed by atoms with van der Waals surface area (Å²) in [6.45, 7) is 0.394. The van der Waals surface area contributed by atoms with Crippen LogP contribution in [0.5, 0.6) is 0 Å². The first kappa shape index (κ1) is 24.0. The molecular weight excluding hydrogens is 476 g/mol. The molecule has 0 unspecified atom stereocenters. The van der Waals surface area contributed by atoms with Gasteiger partial charge in [-0.05, 0) is 60.9 Å². The summed E-state index contributed by atoms with van der Waals surface area (Å²) in [5, 5.41) is 3.92. The van der Waals surface area contributed by atoms with Crippen molar-refractivity contribution in [3.05, 3.63) is 88.4 Å². The molecule has 1 aliphatic carbocycles. The molecule has 3 aromatic rings. The highest BCUT2D eigenvalue weighted by Gasteiger charge is 2.28. The van der Waals surface area contributed by atoms with E-state index in [4.69, 9.17) is 11.6 Å². The van der Waals surface area contributed by atoms with Crippen LogP contribution in [0.4, 0.5) is 5.69 Å². The van der Waals surface area contributed by atoms with Gasteiger partial charge in [0.2, 0.25) is 0 Å². The first-order chi connectivity index (χ1) is 17.1. The number of nitrogens with one attached hydrogen (secondary N) is 1. The summed E-state index contributed by atoms with van der Waals surface area (Å²) < 4.78 is 0. The van der Waals surface area contributed by atoms with Gasteiger partial charge in [0, 0.05) is 26.4 Å². The highest BCUT2D eigenvalue weighted by atomic mass is 35.5. The summed E-state index contributed by atoms with van der Waals surface area (Å²) in [4.78, 5) is 30.6. The number of halogens is 1. The molecule has 4 nitrogen and oxygen atoms in total. The minimum absolute atomic E-state index is 0.0657. The average Bonchev–Trinajstić information content (AvgIpc) is 2.96. The number of carbonyl (C=O) groups is 2. The molecule has 0 bridgehead atoms. The zero-order valence-electron chi connectivity index (χ0n) is 19.6. The molecule has 180 valence electrons. The van der Waals surface area contributed by atoms with Gasteiger partial charge in [0.15, 0.2) is 0 Å². The van der Waals surface area contributed by atoms with Crippen molar-refractivity contribution < 1.29 is 9.59 Å². The van der Waals surface area contributed by atoms with Gasteiger partial charge in [0.05, 0.1) is 17.8 Å². The fourth-order valence-corrected chi connectivity index (χ4v) is 6.04. The lowest BCUT2D eigenvalue weighted by Crippen LogP contribution is -2.35. The van der Waals surface area contributed by atoms with Crippen molar-refractivity contribution >= 4 is 40.9 Å². The van der Waals surface area contributed by atoms with Gasteiger partial charge >= 0.3 is 0 Å². The normalized spacial score (nSPS) is 16.5. The first-order valence-electron chi connectivity index (χ1n) is 12.4. The lowest BCUT2D eigenvalue weighted by molar-refractivity contribution is 0.0928. The number of amides is 2. The van der Waals surface area contributed by atoms with E-state index in [2.05, 4.69) is 5.32 Å². The van der Waals surface area contributed by atoms with Crippen LogP contribution in [0.25, 0.3) is 0 Å². The van der Waals surface area contributed by atoms with Gasteiger partial charge in [-0.1, -0.05) is 79.7 Å². The number of anilines is 1. The molecule has 0 spiro atoms. The fourth-order valence-electron chi connectivity index (χ4n) is 4.86. The van der Waals surface area contributed by atoms with Crippen LogP contribution in [-0.4, -0.2) is 17.9 Å². The molecule has 2 aliphatic rings. The van der Waals surface area contributed by atoms with Gasteiger partial charge in [-0.2, -0.15) is 0 Å². The number of fused-ring (bicyclic) bond motifs is 2. The van der Waals surface area contributed by atoms with Crippen LogP contribution >= 0.6 is 23.4 Å². The monoisotopic (exact) mass is 504 g/mol. The Morgan fingerprint density at radius 3 is 2.40 bits per heavy atom. The number of carbonyl (C=O) groups excluding carboxylic acids is 2. The summed E-state index contributed by atoms with van der Waals surface area (Å²) in [5.41, 5.74) is 2.99. The van der Waals surface area contributed by atoms with Crippen LogP contribution in [0, 0.1) is 0 Å². The van der Waals surface area contributed by atoms with E-state index in [-0.39, 0.29) is 17.9 Å². The standard InChI is InChI=1S/C29H29ClN2O2S/c30-22-15-12-20(13-16-22)19-32-25-18-21(28(33)31-23-8-4-2-1-3-5-9-23)14-17-27(25)35-26-11-7-6-10-24(26)29(32)34/h6-7,10-18,23H,1-5,8-9,19H2,(H,31,33). The number of benzene rings is 3. The molecule has 3 aromatic carbocycles. The molecule has 0 radical (unpaired) electrons. The summed E-state index contributed by atoms with van der Waals surface area (Å²) in [5.74, 6) is -0.136. The highest BCUT2D eigenvalue weighted by Crippen LogP contribution is 2.42. The quantitative estimate of drug-likeness (QED) is 0.400. The Morgan fingerprint density at radius 2 is 1.63 bits per heavy atom. The van der Waals surface area contributed by atoms with Crippen LogP contribution in [0.1, 0.15) is 71.2 Å². The maximum Gasteiger partial charge on any atom is 0.259 e. The second kappa shape index (κ2) is 10.9. The maximum atomic E-state index is 13.7. The SMILES string of the molecule is O=C(NC1CCCCCCC1)c1ccc2c(c1)N(Cc1ccc(Cl)cc1)C(=O)c1ccccc1S2. The van der Waals surface area contributed by atoms with Crippen LogP contribution in [0.15, 0.2) is 76.5 Å². The lowest BCUT2D eigenvalue weighted by atomic mass is 9.96. The number of hydrogen-bond donors (Lipinski definition) is 1. The van der Waals surface area contributed by atoms with E-state index < -0.39 is 0 Å². The molecular formula is C29H29ClN2O2S. The number of nitrogens with zero attached hydrogens (tertiary/aromatic N) is 1. The Bertz CT molecular complexity index is 1220. The van der Waals surface area contributed by atoms with E-state index in [9.17, 15) is 9.59 Å². The molecule has 35 heavy (non-hydrogen) atoms. The van der Waals surface area contributed by atoms with Crippen molar-refractivity contribution in [1.29, 1.82) is 0 Å². The van der Waals surface area contributed by atoms with Crippen LogP contribution in [-0.2, 0) is 6.54 Å². The van der Waals surface area contributed by atoms with E-state index >= 15 is 0 Å². The average molecular weight is 505 g/mol. The Kier molecular flexibility index (Phi) is 7.45. The highest BCUT2D eigenvalue weighted by molar-refractivity contribution is 7.99. The van der Waals surface area contributed by atoms with Gasteiger partial charge in [0.1, 0.15) is 0 Å². The molecule has 0 aromatic heterocycles. The summed E-state index contributed by atoms with van der Waals surface area (Å²) in [6.07, 6.45) is 8.16. The first-order valence-corrected chi connectivity index (χ1v) is 13.6.